The maximum absolute atomic E-state index is 5.88. The second kappa shape index (κ2) is 13.6. The Labute approximate surface area is 217 Å². The molecule has 0 unspecified atom stereocenters. The van der Waals surface area contributed by atoms with Crippen LogP contribution in [-0.2, 0) is 49.9 Å². The van der Waals surface area contributed by atoms with Crippen LogP contribution in [0.15, 0.2) is 61.2 Å². The first-order chi connectivity index (χ1) is 18.4. The largest absolute Gasteiger partial charge is 0.377 e. The highest BCUT2D eigenvalue weighted by Crippen LogP contribution is 2.12. The predicted octanol–water partition coefficient (Wildman–Crippen LogP) is 1.97. The zero-order valence-corrected chi connectivity index (χ0v) is 21.5. The van der Waals surface area contributed by atoms with Crippen LogP contribution in [0.25, 0.3) is 22.1 Å². The monoisotopic (exact) mass is 510 g/mol. The number of aromatic nitrogens is 4. The lowest BCUT2D eigenvalue weighted by Gasteiger charge is -2.06. The molecule has 0 radical (unpaired) electrons. The van der Waals surface area contributed by atoms with Crippen LogP contribution < -0.4 is 9.13 Å². The van der Waals surface area contributed by atoms with Gasteiger partial charge in [0.05, 0.1) is 66.1 Å². The number of imidazole rings is 2. The minimum Gasteiger partial charge on any atom is -0.377 e. The molecular formula is C28H38N4O5+2. The summed E-state index contributed by atoms with van der Waals surface area (Å²) in [6, 6.07) is 16.9. The van der Waals surface area contributed by atoms with Crippen LogP contribution in [0.4, 0.5) is 0 Å². The van der Waals surface area contributed by atoms with Gasteiger partial charge in [-0.05, 0) is 24.3 Å². The third-order valence-electron chi connectivity index (χ3n) is 6.58. The Morgan fingerprint density at radius 2 is 0.838 bits per heavy atom. The van der Waals surface area contributed by atoms with Crippen molar-refractivity contribution in [3.05, 3.63) is 61.2 Å². The summed E-state index contributed by atoms with van der Waals surface area (Å²) in [5.74, 6) is 0. The van der Waals surface area contributed by atoms with E-state index >= 15 is 0 Å². The fourth-order valence-electron chi connectivity index (χ4n) is 4.71. The van der Waals surface area contributed by atoms with Crippen LogP contribution in [0.2, 0.25) is 0 Å². The molecule has 9 nitrogen and oxygen atoms in total. The van der Waals surface area contributed by atoms with E-state index in [4.69, 9.17) is 23.7 Å². The molecule has 0 aliphatic carbocycles. The smallest absolute Gasteiger partial charge is 0.244 e. The van der Waals surface area contributed by atoms with Gasteiger partial charge in [0.2, 0.25) is 12.7 Å². The van der Waals surface area contributed by atoms with Gasteiger partial charge in [-0.15, -0.1) is 0 Å². The van der Waals surface area contributed by atoms with Crippen LogP contribution in [0.5, 0.6) is 0 Å². The molecule has 1 aliphatic heterocycles. The van der Waals surface area contributed by atoms with E-state index in [1.165, 1.54) is 22.1 Å². The van der Waals surface area contributed by atoms with Gasteiger partial charge in [-0.1, -0.05) is 24.3 Å². The average Bonchev–Trinajstić information content (AvgIpc) is 3.46. The van der Waals surface area contributed by atoms with E-state index in [0.29, 0.717) is 66.1 Å². The fraction of sp³-hybridized carbons (Fsp3) is 0.500. The van der Waals surface area contributed by atoms with Crippen LogP contribution in [0.1, 0.15) is 0 Å². The van der Waals surface area contributed by atoms with Crippen molar-refractivity contribution in [2.24, 2.45) is 0 Å². The lowest BCUT2D eigenvalue weighted by Crippen LogP contribution is -2.35. The Morgan fingerprint density at radius 1 is 0.459 bits per heavy atom. The Bertz CT molecular complexity index is 1160. The molecule has 3 heterocycles. The highest BCUT2D eigenvalue weighted by Gasteiger charge is 2.16. The van der Waals surface area contributed by atoms with Crippen molar-refractivity contribution in [3.63, 3.8) is 0 Å². The van der Waals surface area contributed by atoms with Crippen molar-refractivity contribution in [1.29, 1.82) is 0 Å². The maximum Gasteiger partial charge on any atom is 0.244 e. The Balaban J connectivity index is 1.19. The van der Waals surface area contributed by atoms with E-state index in [2.05, 4.69) is 79.5 Å². The lowest BCUT2D eigenvalue weighted by molar-refractivity contribution is -0.674. The van der Waals surface area contributed by atoms with Crippen LogP contribution >= 0.6 is 0 Å². The summed E-state index contributed by atoms with van der Waals surface area (Å²) < 4.78 is 38.0. The topological polar surface area (TPSA) is 63.8 Å². The first-order valence-electron chi connectivity index (χ1n) is 13.2. The standard InChI is InChI=1S/C28H38N4O5/c1-3-7-27-25(5-1)29-9-13-33-17-18-34-14-10-30-24-32(28-8-4-2-6-26(28)30)12-16-36-20-22-37-21-19-35-15-11-31(27)23-29/h1-8,23-24H,9-22H2/q+2. The number of ether oxygens (including phenoxy) is 5. The summed E-state index contributed by atoms with van der Waals surface area (Å²) in [5.41, 5.74) is 4.79. The Morgan fingerprint density at radius 3 is 1.30 bits per heavy atom. The van der Waals surface area contributed by atoms with E-state index in [1.807, 2.05) is 0 Å². The highest BCUT2D eigenvalue weighted by molar-refractivity contribution is 5.72. The highest BCUT2D eigenvalue weighted by atomic mass is 16.5. The maximum atomic E-state index is 5.88. The van der Waals surface area contributed by atoms with Crippen molar-refractivity contribution in [3.8, 4) is 0 Å². The van der Waals surface area contributed by atoms with Crippen molar-refractivity contribution in [2.45, 2.75) is 26.2 Å². The van der Waals surface area contributed by atoms with Crippen molar-refractivity contribution in [2.75, 3.05) is 66.1 Å². The normalized spacial score (nSPS) is 18.4. The van der Waals surface area contributed by atoms with E-state index in [1.54, 1.807) is 0 Å². The molecule has 198 valence electrons. The van der Waals surface area contributed by atoms with Gasteiger partial charge >= 0.3 is 0 Å². The fourth-order valence-corrected chi connectivity index (χ4v) is 4.71. The van der Waals surface area contributed by atoms with Gasteiger partial charge in [0.25, 0.3) is 0 Å². The van der Waals surface area contributed by atoms with Gasteiger partial charge < -0.3 is 23.7 Å². The number of benzene rings is 2. The van der Waals surface area contributed by atoms with Gasteiger partial charge in [0.1, 0.15) is 26.2 Å². The molecule has 4 bridgehead atoms. The molecule has 2 aromatic heterocycles. The molecule has 0 fully saturated rings. The molecule has 0 saturated heterocycles. The molecule has 0 atom stereocenters. The number of hydrogen-bond acceptors (Lipinski definition) is 5. The van der Waals surface area contributed by atoms with Gasteiger partial charge in [-0.25, -0.2) is 18.3 Å². The summed E-state index contributed by atoms with van der Waals surface area (Å²) >= 11 is 0. The summed E-state index contributed by atoms with van der Waals surface area (Å²) in [7, 11) is 0. The Kier molecular flexibility index (Phi) is 9.52. The molecule has 0 N–H and O–H groups in total. The summed E-state index contributed by atoms with van der Waals surface area (Å²) in [6.45, 7) is 9.16. The van der Waals surface area contributed by atoms with Crippen LogP contribution in [0, 0.1) is 0 Å². The molecule has 4 aromatic rings. The Hall–Kier alpha value is -2.82. The van der Waals surface area contributed by atoms with Gasteiger partial charge in [-0.3, -0.25) is 0 Å². The van der Waals surface area contributed by atoms with Crippen molar-refractivity contribution >= 4 is 22.1 Å². The zero-order valence-electron chi connectivity index (χ0n) is 21.5. The molecule has 0 amide bonds. The number of fused-ring (bicyclic) bond motifs is 10. The molecule has 0 spiro atoms. The van der Waals surface area contributed by atoms with Gasteiger partial charge in [0.15, 0.2) is 22.1 Å². The van der Waals surface area contributed by atoms with E-state index in [9.17, 15) is 0 Å². The minimum absolute atomic E-state index is 0.567. The van der Waals surface area contributed by atoms with E-state index in [0.717, 1.165) is 26.2 Å². The lowest BCUT2D eigenvalue weighted by atomic mass is 10.3. The van der Waals surface area contributed by atoms with Gasteiger partial charge in [-0.2, -0.15) is 0 Å². The second-order valence-electron chi connectivity index (χ2n) is 9.04. The summed E-state index contributed by atoms with van der Waals surface area (Å²) in [4.78, 5) is 0. The second-order valence-corrected chi connectivity index (χ2v) is 9.04. The molecule has 9 heteroatoms. The molecule has 2 aromatic carbocycles. The molecule has 0 saturated carbocycles. The average molecular weight is 511 g/mol. The first kappa shape index (κ1) is 25.8. The summed E-state index contributed by atoms with van der Waals surface area (Å²) in [5, 5.41) is 0. The van der Waals surface area contributed by atoms with Crippen molar-refractivity contribution in [1.82, 2.24) is 9.13 Å². The minimum atomic E-state index is 0.567. The number of nitrogens with zero attached hydrogens (tertiary/aromatic N) is 4. The van der Waals surface area contributed by atoms with E-state index < -0.39 is 0 Å². The van der Waals surface area contributed by atoms with Gasteiger partial charge in [0, 0.05) is 0 Å². The van der Waals surface area contributed by atoms with E-state index in [-0.39, 0.29) is 0 Å². The third-order valence-corrected chi connectivity index (χ3v) is 6.58. The summed E-state index contributed by atoms with van der Waals surface area (Å²) in [6.07, 6.45) is 4.30. The molecule has 1 aliphatic rings. The predicted molar refractivity (Wildman–Crippen MR) is 138 cm³/mol. The SMILES string of the molecule is c1ccc2c(c1)n1c[n+]2CCOCCOCCOCC[n+]2cn(c3ccccc32)CCOCCOCC1. The molecule has 37 heavy (non-hydrogen) atoms. The first-order valence-corrected chi connectivity index (χ1v) is 13.2. The number of para-hydroxylation sites is 4. The number of rotatable bonds is 0. The van der Waals surface area contributed by atoms with Crippen LogP contribution in [0.3, 0.4) is 0 Å². The number of hydrogen-bond donors (Lipinski definition) is 0. The van der Waals surface area contributed by atoms with Crippen molar-refractivity contribution < 1.29 is 32.8 Å². The third kappa shape index (κ3) is 6.94. The molecule has 5 rings (SSSR count). The quantitative estimate of drug-likeness (QED) is 0.339. The molecular weight excluding hydrogens is 472 g/mol. The van der Waals surface area contributed by atoms with Crippen LogP contribution in [-0.4, -0.2) is 75.2 Å². The zero-order chi connectivity index (χ0) is 25.1.